The monoisotopic (exact) mass is 429 g/mol. The summed E-state index contributed by atoms with van der Waals surface area (Å²) in [6.07, 6.45) is 2.06. The molecule has 4 rings (SSSR count). The molecular formula is C23H28FN3O2S. The zero-order chi connectivity index (χ0) is 21.1. The number of nitrogens with zero attached hydrogens (tertiary/aromatic N) is 3. The number of rotatable bonds is 7. The number of hydrogen-bond acceptors (Lipinski definition) is 6. The van der Waals surface area contributed by atoms with Crippen LogP contribution in [0.3, 0.4) is 0 Å². The fourth-order valence-corrected chi connectivity index (χ4v) is 4.93. The van der Waals surface area contributed by atoms with E-state index in [0.717, 1.165) is 36.6 Å². The number of aliphatic hydroxyl groups is 1. The molecule has 1 aliphatic heterocycles. The van der Waals surface area contributed by atoms with E-state index >= 15 is 0 Å². The van der Waals surface area contributed by atoms with Crippen molar-refractivity contribution in [1.82, 2.24) is 9.88 Å². The van der Waals surface area contributed by atoms with Crippen LogP contribution in [-0.2, 0) is 0 Å². The summed E-state index contributed by atoms with van der Waals surface area (Å²) in [7, 11) is 2.13. The van der Waals surface area contributed by atoms with Gasteiger partial charge < -0.3 is 19.6 Å². The van der Waals surface area contributed by atoms with Crippen LogP contribution in [0.4, 0.5) is 9.52 Å². The fraction of sp³-hybridized carbons (Fsp3) is 0.435. The number of piperidine rings is 1. The summed E-state index contributed by atoms with van der Waals surface area (Å²) in [5, 5.41) is 11.8. The molecule has 0 amide bonds. The molecule has 1 aromatic heterocycles. The van der Waals surface area contributed by atoms with Crippen LogP contribution in [0.2, 0.25) is 0 Å². The van der Waals surface area contributed by atoms with Crippen molar-refractivity contribution >= 4 is 26.7 Å². The lowest BCUT2D eigenvalue weighted by Gasteiger charge is -2.39. The molecule has 0 aliphatic carbocycles. The van der Waals surface area contributed by atoms with Gasteiger partial charge in [0.1, 0.15) is 23.8 Å². The highest BCUT2D eigenvalue weighted by molar-refractivity contribution is 7.22. The van der Waals surface area contributed by atoms with Crippen molar-refractivity contribution < 1.29 is 14.2 Å². The second-order valence-corrected chi connectivity index (χ2v) is 9.33. The normalized spacial score (nSPS) is 17.7. The lowest BCUT2D eigenvalue weighted by Crippen LogP contribution is -2.50. The highest BCUT2D eigenvalue weighted by Gasteiger charge is 2.30. The minimum atomic E-state index is -0.972. The van der Waals surface area contributed by atoms with Crippen molar-refractivity contribution in [3.05, 3.63) is 54.3 Å². The third-order valence-corrected chi connectivity index (χ3v) is 6.74. The molecule has 0 radical (unpaired) electrons. The van der Waals surface area contributed by atoms with Crippen LogP contribution in [0.5, 0.6) is 5.75 Å². The van der Waals surface area contributed by atoms with Gasteiger partial charge >= 0.3 is 0 Å². The summed E-state index contributed by atoms with van der Waals surface area (Å²) >= 11 is 1.74. The minimum absolute atomic E-state index is 0.171. The Morgan fingerprint density at radius 3 is 2.60 bits per heavy atom. The number of aromatic nitrogens is 1. The molecule has 1 unspecified atom stereocenters. The Kier molecular flexibility index (Phi) is 6.22. The van der Waals surface area contributed by atoms with E-state index in [2.05, 4.69) is 35.0 Å². The number of benzene rings is 2. The van der Waals surface area contributed by atoms with E-state index in [1.165, 1.54) is 16.8 Å². The number of β-amino-alcohol motifs (C(OH)–C–C–N with tert-alkyl or cyclic N) is 1. The van der Waals surface area contributed by atoms with E-state index in [-0.39, 0.29) is 12.4 Å². The molecule has 3 aromatic rings. The first-order valence-corrected chi connectivity index (χ1v) is 11.1. The number of ether oxygens (including phenoxy) is 1. The Labute approximate surface area is 180 Å². The Morgan fingerprint density at radius 1 is 1.20 bits per heavy atom. The number of fused-ring (bicyclic) bond motifs is 1. The maximum Gasteiger partial charge on any atom is 0.186 e. The number of thiazole rings is 1. The van der Waals surface area contributed by atoms with Gasteiger partial charge in [0, 0.05) is 32.7 Å². The molecule has 0 spiro atoms. The Balaban J connectivity index is 1.27. The van der Waals surface area contributed by atoms with E-state index in [4.69, 9.17) is 9.72 Å². The number of halogens is 1. The first-order chi connectivity index (χ1) is 14.4. The van der Waals surface area contributed by atoms with Gasteiger partial charge in [-0.3, -0.25) is 0 Å². The zero-order valence-electron chi connectivity index (χ0n) is 17.4. The quantitative estimate of drug-likeness (QED) is 0.611. The molecule has 1 fully saturated rings. The standard InChI is InChI=1S/C23H28FN3O2S/c1-23(28,16-29-19-9-7-17(24)8-10-19)15-27-13-11-18(12-14-27)26(2)22-25-20-5-3-4-6-21(20)30-22/h3-10,18,28H,11-16H2,1-2H3. The second-order valence-electron chi connectivity index (χ2n) is 8.32. The second kappa shape index (κ2) is 8.88. The van der Waals surface area contributed by atoms with Crippen molar-refractivity contribution in [3.63, 3.8) is 0 Å². The van der Waals surface area contributed by atoms with E-state index in [0.29, 0.717) is 18.3 Å². The molecule has 2 aromatic carbocycles. The summed E-state index contributed by atoms with van der Waals surface area (Å²) in [5.74, 6) is 0.264. The first-order valence-electron chi connectivity index (χ1n) is 10.3. The van der Waals surface area contributed by atoms with Gasteiger partial charge in [-0.1, -0.05) is 23.5 Å². The maximum atomic E-state index is 13.0. The van der Waals surface area contributed by atoms with Gasteiger partial charge in [-0.25, -0.2) is 9.37 Å². The van der Waals surface area contributed by atoms with Gasteiger partial charge in [0.25, 0.3) is 0 Å². The highest BCUT2D eigenvalue weighted by Crippen LogP contribution is 2.31. The van der Waals surface area contributed by atoms with Crippen molar-refractivity contribution in [3.8, 4) is 5.75 Å². The zero-order valence-corrected chi connectivity index (χ0v) is 18.2. The van der Waals surface area contributed by atoms with E-state index < -0.39 is 5.60 Å². The van der Waals surface area contributed by atoms with Crippen LogP contribution in [0.25, 0.3) is 10.2 Å². The summed E-state index contributed by atoms with van der Waals surface area (Å²) < 4.78 is 19.9. The van der Waals surface area contributed by atoms with Gasteiger partial charge in [0.2, 0.25) is 0 Å². The lowest BCUT2D eigenvalue weighted by atomic mass is 10.0. The topological polar surface area (TPSA) is 48.8 Å². The summed E-state index contributed by atoms with van der Waals surface area (Å²) in [4.78, 5) is 9.37. The number of para-hydroxylation sites is 1. The lowest BCUT2D eigenvalue weighted by molar-refractivity contribution is -0.0220. The molecule has 5 nitrogen and oxygen atoms in total. The molecule has 0 saturated carbocycles. The van der Waals surface area contributed by atoms with E-state index in [1.807, 2.05) is 6.07 Å². The van der Waals surface area contributed by atoms with Crippen molar-refractivity contribution in [2.24, 2.45) is 0 Å². The first kappa shape index (κ1) is 21.0. The van der Waals surface area contributed by atoms with Crippen molar-refractivity contribution in [2.75, 3.05) is 38.2 Å². The van der Waals surface area contributed by atoms with Gasteiger partial charge in [0.05, 0.1) is 10.2 Å². The van der Waals surface area contributed by atoms with Crippen LogP contribution in [0, 0.1) is 5.82 Å². The molecule has 160 valence electrons. The highest BCUT2D eigenvalue weighted by atomic mass is 32.1. The van der Waals surface area contributed by atoms with Gasteiger partial charge in [0.15, 0.2) is 5.13 Å². The summed E-state index contributed by atoms with van der Waals surface area (Å²) in [6.45, 7) is 4.35. The molecule has 1 aliphatic rings. The molecule has 2 heterocycles. The summed E-state index contributed by atoms with van der Waals surface area (Å²) in [6, 6.07) is 14.6. The van der Waals surface area contributed by atoms with Crippen LogP contribution in [0.15, 0.2) is 48.5 Å². The molecule has 1 atom stereocenters. The predicted octanol–water partition coefficient (Wildman–Crippen LogP) is 4.17. The Bertz CT molecular complexity index is 935. The average Bonchev–Trinajstić information content (AvgIpc) is 3.17. The third-order valence-electron chi connectivity index (χ3n) is 5.62. The molecule has 30 heavy (non-hydrogen) atoms. The molecule has 1 saturated heterocycles. The third kappa shape index (κ3) is 5.09. The van der Waals surface area contributed by atoms with Gasteiger partial charge in [-0.2, -0.15) is 0 Å². The summed E-state index contributed by atoms with van der Waals surface area (Å²) in [5.41, 5.74) is 0.0826. The van der Waals surface area contributed by atoms with Crippen LogP contribution < -0.4 is 9.64 Å². The fourth-order valence-electron chi connectivity index (χ4n) is 3.93. The maximum absolute atomic E-state index is 13.0. The van der Waals surface area contributed by atoms with Crippen LogP contribution >= 0.6 is 11.3 Å². The van der Waals surface area contributed by atoms with Crippen molar-refractivity contribution in [2.45, 2.75) is 31.4 Å². The number of anilines is 1. The van der Waals surface area contributed by atoms with Crippen LogP contribution in [0.1, 0.15) is 19.8 Å². The van der Waals surface area contributed by atoms with Crippen molar-refractivity contribution in [1.29, 1.82) is 0 Å². The SMILES string of the molecule is CN(c1nc2ccccc2s1)C1CCN(CC(C)(O)COc2ccc(F)cc2)CC1. The number of likely N-dealkylation sites (tertiary alicyclic amines) is 1. The Hall–Kier alpha value is -2.22. The Morgan fingerprint density at radius 2 is 1.90 bits per heavy atom. The number of hydrogen-bond donors (Lipinski definition) is 1. The predicted molar refractivity (Wildman–Crippen MR) is 120 cm³/mol. The van der Waals surface area contributed by atoms with E-state index in [1.54, 1.807) is 30.4 Å². The molecular weight excluding hydrogens is 401 g/mol. The molecule has 7 heteroatoms. The molecule has 0 bridgehead atoms. The minimum Gasteiger partial charge on any atom is -0.491 e. The smallest absolute Gasteiger partial charge is 0.186 e. The van der Waals surface area contributed by atoms with E-state index in [9.17, 15) is 9.50 Å². The van der Waals surface area contributed by atoms with Gasteiger partial charge in [-0.05, 0) is 56.2 Å². The van der Waals surface area contributed by atoms with Crippen LogP contribution in [-0.4, -0.2) is 59.9 Å². The van der Waals surface area contributed by atoms with Gasteiger partial charge in [-0.15, -0.1) is 0 Å². The largest absolute Gasteiger partial charge is 0.491 e. The molecule has 1 N–H and O–H groups in total. The average molecular weight is 430 g/mol.